The largest absolute Gasteiger partial charge is 0.504 e. The number of carboxylic acid groups (broad SMARTS) is 1. The second-order valence-corrected chi connectivity index (χ2v) is 10.1. The van der Waals surface area contributed by atoms with Crippen LogP contribution in [0, 0.1) is 0 Å². The molecule has 2 bridgehead atoms. The second-order valence-electron chi connectivity index (χ2n) is 10.1. The van der Waals surface area contributed by atoms with Gasteiger partial charge >= 0.3 is 18.1 Å². The molecule has 4 N–H and O–H groups in total. The number of alkyl halides is 3. The number of likely N-dealkylation sites (tertiary alicyclic amines) is 1. The Morgan fingerprint density at radius 2 is 1.85 bits per heavy atom. The lowest BCUT2D eigenvalue weighted by molar-refractivity contribution is -0.192. The van der Waals surface area contributed by atoms with Crippen LogP contribution in [0.15, 0.2) is 54.3 Å². The maximum absolute atomic E-state index is 12.8. The van der Waals surface area contributed by atoms with E-state index in [1.807, 2.05) is 13.1 Å². The van der Waals surface area contributed by atoms with Crippen molar-refractivity contribution in [3.05, 3.63) is 71.0 Å². The average molecular weight is 549 g/mol. The van der Waals surface area contributed by atoms with E-state index in [4.69, 9.17) is 19.4 Å². The van der Waals surface area contributed by atoms with E-state index in [0.29, 0.717) is 30.6 Å². The predicted molar refractivity (Wildman–Crippen MR) is 128 cm³/mol. The Morgan fingerprint density at radius 1 is 1.18 bits per heavy atom. The molecule has 1 saturated heterocycles. The summed E-state index contributed by atoms with van der Waals surface area (Å²) in [7, 11) is 2.02. The molecule has 0 saturated carbocycles. The molecule has 2 heterocycles. The van der Waals surface area contributed by atoms with Gasteiger partial charge in [0.05, 0.1) is 11.0 Å². The maximum Gasteiger partial charge on any atom is 0.490 e. The first-order valence-corrected chi connectivity index (χ1v) is 12.2. The topological polar surface area (TPSA) is 137 Å². The third kappa shape index (κ3) is 4.05. The van der Waals surface area contributed by atoms with Gasteiger partial charge in [0.1, 0.15) is 5.76 Å². The highest BCUT2D eigenvalue weighted by molar-refractivity contribution is 5.78. The minimum Gasteiger partial charge on any atom is -0.504 e. The smallest absolute Gasteiger partial charge is 0.490 e. The first-order chi connectivity index (χ1) is 18.3. The number of carbonyl (C=O) groups is 2. The van der Waals surface area contributed by atoms with Crippen LogP contribution in [0.5, 0.6) is 11.5 Å². The SMILES string of the molecule is CN1CC[C@]23c4c5ccc(O)c4O[C@H]2C(OC(=O)C(O)c2ccccc2)=CC[C@@]3(O)[C@H]1C5.O=C(O)C(F)(F)F. The Morgan fingerprint density at radius 3 is 2.49 bits per heavy atom. The Kier molecular flexibility index (Phi) is 6.40. The molecule has 6 rings (SSSR count). The van der Waals surface area contributed by atoms with Crippen LogP contribution in [0.25, 0.3) is 0 Å². The normalized spacial score (nSPS) is 29.1. The van der Waals surface area contributed by atoms with Crippen LogP contribution < -0.4 is 4.74 Å². The summed E-state index contributed by atoms with van der Waals surface area (Å²) in [5, 5.41) is 40.3. The van der Waals surface area contributed by atoms with Gasteiger partial charge in [-0.05, 0) is 49.7 Å². The van der Waals surface area contributed by atoms with Gasteiger partial charge in [-0.25, -0.2) is 9.59 Å². The van der Waals surface area contributed by atoms with Crippen LogP contribution in [0.3, 0.4) is 0 Å². The van der Waals surface area contributed by atoms with Crippen molar-refractivity contribution in [2.45, 2.75) is 54.7 Å². The minimum atomic E-state index is -5.08. The van der Waals surface area contributed by atoms with Crippen molar-refractivity contribution in [3.63, 3.8) is 0 Å². The van der Waals surface area contributed by atoms with Crippen molar-refractivity contribution < 1.29 is 52.7 Å². The molecule has 2 aromatic rings. The third-order valence-electron chi connectivity index (χ3n) is 8.15. The first kappa shape index (κ1) is 27.0. The van der Waals surface area contributed by atoms with Crippen LogP contribution in [0.2, 0.25) is 0 Å². The van der Waals surface area contributed by atoms with E-state index in [-0.39, 0.29) is 17.6 Å². The molecule has 12 heteroatoms. The number of aliphatic carboxylic acids is 1. The summed E-state index contributed by atoms with van der Waals surface area (Å²) >= 11 is 0. The molecule has 0 amide bonds. The lowest BCUT2D eigenvalue weighted by atomic mass is 9.50. The number of hydrogen-bond acceptors (Lipinski definition) is 8. The van der Waals surface area contributed by atoms with Crippen molar-refractivity contribution in [3.8, 4) is 11.5 Å². The minimum absolute atomic E-state index is 0.0160. The zero-order valence-electron chi connectivity index (χ0n) is 20.7. The highest BCUT2D eigenvalue weighted by Gasteiger charge is 2.72. The van der Waals surface area contributed by atoms with E-state index in [1.54, 1.807) is 42.5 Å². The maximum atomic E-state index is 12.8. The van der Waals surface area contributed by atoms with Gasteiger partial charge in [0, 0.05) is 18.0 Å². The van der Waals surface area contributed by atoms with Gasteiger partial charge in [0.25, 0.3) is 0 Å². The molecule has 0 aromatic heterocycles. The number of phenols is 1. The molecule has 2 aromatic carbocycles. The fraction of sp³-hybridized carbons (Fsp3) is 0.407. The van der Waals surface area contributed by atoms with Crippen molar-refractivity contribution in [1.29, 1.82) is 0 Å². The van der Waals surface area contributed by atoms with Gasteiger partial charge in [-0.2, -0.15) is 13.2 Å². The van der Waals surface area contributed by atoms with Gasteiger partial charge in [-0.3, -0.25) is 0 Å². The van der Waals surface area contributed by atoms with Crippen LogP contribution in [-0.4, -0.2) is 74.8 Å². The fourth-order valence-electron chi connectivity index (χ4n) is 6.38. The number of aliphatic hydroxyl groups is 2. The Bertz CT molecular complexity index is 1350. The van der Waals surface area contributed by atoms with Crippen molar-refractivity contribution in [2.24, 2.45) is 0 Å². The Balaban J connectivity index is 0.000000392. The van der Waals surface area contributed by atoms with E-state index in [1.165, 1.54) is 0 Å². The molecule has 5 atom stereocenters. The van der Waals surface area contributed by atoms with E-state index in [9.17, 15) is 33.3 Å². The van der Waals surface area contributed by atoms with E-state index < -0.39 is 41.3 Å². The Labute approximate surface area is 220 Å². The van der Waals surface area contributed by atoms with Crippen LogP contribution in [0.4, 0.5) is 13.2 Å². The van der Waals surface area contributed by atoms with Gasteiger partial charge in [-0.1, -0.05) is 36.4 Å². The number of aliphatic hydroxyl groups excluding tert-OH is 1. The lowest BCUT2D eigenvalue weighted by Gasteiger charge is -2.61. The number of hydrogen-bond donors (Lipinski definition) is 4. The number of aromatic hydroxyl groups is 1. The number of nitrogens with zero attached hydrogens (tertiary/aromatic N) is 1. The highest BCUT2D eigenvalue weighted by Crippen LogP contribution is 2.65. The third-order valence-corrected chi connectivity index (χ3v) is 8.15. The number of piperidine rings is 1. The molecule has 2 aliphatic carbocycles. The molecule has 1 fully saturated rings. The summed E-state index contributed by atoms with van der Waals surface area (Å²) in [5.74, 6) is -2.90. The van der Waals surface area contributed by atoms with E-state index >= 15 is 0 Å². The monoisotopic (exact) mass is 549 g/mol. The van der Waals surface area contributed by atoms with E-state index in [2.05, 4.69) is 4.90 Å². The number of rotatable bonds is 3. The Hall–Kier alpha value is -3.61. The summed E-state index contributed by atoms with van der Waals surface area (Å²) in [6, 6.07) is 12.0. The molecule has 208 valence electrons. The number of esters is 1. The van der Waals surface area contributed by atoms with Gasteiger partial charge in [0.2, 0.25) is 0 Å². The first-order valence-electron chi connectivity index (χ1n) is 12.2. The highest BCUT2D eigenvalue weighted by atomic mass is 19.4. The summed E-state index contributed by atoms with van der Waals surface area (Å²) in [6.45, 7) is 0.745. The zero-order valence-corrected chi connectivity index (χ0v) is 20.7. The van der Waals surface area contributed by atoms with Gasteiger partial charge < -0.3 is 34.8 Å². The molecule has 4 aliphatic rings. The number of carbonyl (C=O) groups excluding carboxylic acids is 1. The number of carboxylic acids is 1. The molecule has 0 radical (unpaired) electrons. The van der Waals surface area contributed by atoms with Crippen LogP contribution in [0.1, 0.15) is 35.6 Å². The van der Waals surface area contributed by atoms with Crippen molar-refractivity contribution in [2.75, 3.05) is 13.6 Å². The van der Waals surface area contributed by atoms with Crippen molar-refractivity contribution >= 4 is 11.9 Å². The summed E-state index contributed by atoms with van der Waals surface area (Å²) in [5.41, 5.74) is 0.368. The van der Waals surface area contributed by atoms with Gasteiger partial charge in [-0.15, -0.1) is 0 Å². The summed E-state index contributed by atoms with van der Waals surface area (Å²) < 4.78 is 43.7. The zero-order chi connectivity index (χ0) is 28.3. The molecule has 39 heavy (non-hydrogen) atoms. The second kappa shape index (κ2) is 9.25. The standard InChI is InChI=1S/C25H25NO6.C2HF3O2/c1-26-12-11-24-19-15-7-8-16(27)21(19)32-22(24)17(9-10-25(24,30)18(26)13-15)31-23(29)20(28)14-5-3-2-4-6-14;3-2(4,5)1(6)7/h2-9,18,20,22,27-28,30H,10-13H2,1H3;(H,6,7)/t18-,20?,22+,24+,25-;/m1./s1. The number of benzene rings is 2. The quantitative estimate of drug-likeness (QED) is 0.426. The fourth-order valence-corrected chi connectivity index (χ4v) is 6.38. The van der Waals surface area contributed by atoms with Crippen LogP contribution >= 0.6 is 0 Å². The average Bonchev–Trinajstić information content (AvgIpc) is 3.25. The van der Waals surface area contributed by atoms with E-state index in [0.717, 1.165) is 17.7 Å². The molecule has 2 aliphatic heterocycles. The van der Waals surface area contributed by atoms with Crippen molar-refractivity contribution in [1.82, 2.24) is 4.90 Å². The number of halogens is 3. The molecule has 1 unspecified atom stereocenters. The molecular formula is C27H26F3NO8. The molecule has 9 nitrogen and oxygen atoms in total. The summed E-state index contributed by atoms with van der Waals surface area (Å²) in [4.78, 5) is 23.9. The summed E-state index contributed by atoms with van der Waals surface area (Å²) in [6.07, 6.45) is -4.02. The van der Waals surface area contributed by atoms with Crippen LogP contribution in [-0.2, 0) is 26.2 Å². The number of ether oxygens (including phenoxy) is 2. The molecule has 1 spiro atoms. The number of likely N-dealkylation sites (N-methyl/N-ethyl adjacent to an activating group) is 1. The number of phenolic OH excluding ortho intramolecular Hbond substituents is 1. The van der Waals surface area contributed by atoms with Gasteiger partial charge in [0.15, 0.2) is 23.7 Å². The molecular weight excluding hydrogens is 523 g/mol. The predicted octanol–water partition coefficient (Wildman–Crippen LogP) is 2.58. The lowest BCUT2D eigenvalue weighted by Crippen LogP contribution is -2.74.